The number of hydrogen-bond acceptors (Lipinski definition) is 3. The lowest BCUT2D eigenvalue weighted by atomic mass is 9.99. The second kappa shape index (κ2) is 9.43. The maximum Gasteiger partial charge on any atom is 0.331 e. The fourth-order valence-corrected chi connectivity index (χ4v) is 5.19. The van der Waals surface area contributed by atoms with Gasteiger partial charge in [-0.1, -0.05) is 24.8 Å². The molecule has 0 bridgehead atoms. The molecule has 1 heterocycles. The van der Waals surface area contributed by atoms with Crippen molar-refractivity contribution in [2.24, 2.45) is 0 Å². The zero-order valence-electron chi connectivity index (χ0n) is 17.7. The third-order valence-electron chi connectivity index (χ3n) is 5.93. The number of carbonyl (C=O) groups is 1. The Bertz CT molecular complexity index is 1070. The summed E-state index contributed by atoms with van der Waals surface area (Å²) >= 11 is 0. The number of urea groups is 1. The Morgan fingerprint density at radius 1 is 1.10 bits per heavy atom. The predicted molar refractivity (Wildman–Crippen MR) is 127 cm³/mol. The minimum Gasteiger partial charge on any atom is -0.307 e. The molecule has 0 saturated carbocycles. The number of benzene rings is 1. The molecule has 2 N–H and O–H groups in total. The normalized spacial score (nSPS) is 16.4. The van der Waals surface area contributed by atoms with Gasteiger partial charge in [0.1, 0.15) is 0 Å². The SMILES string of the molecule is C=C/C(=C\C(=C/C)c1ccncc1)S(=O)NC(=O)Nc1c2c(cc3c1CCC3)CCC2. The van der Waals surface area contributed by atoms with E-state index in [4.69, 9.17) is 0 Å². The quantitative estimate of drug-likeness (QED) is 0.629. The van der Waals surface area contributed by atoms with E-state index >= 15 is 0 Å². The Hall–Kier alpha value is -2.99. The van der Waals surface area contributed by atoms with E-state index in [2.05, 4.69) is 27.7 Å². The third-order valence-corrected chi connectivity index (χ3v) is 7.02. The van der Waals surface area contributed by atoms with Gasteiger partial charge in [-0.3, -0.25) is 9.71 Å². The highest BCUT2D eigenvalue weighted by Gasteiger charge is 2.25. The zero-order chi connectivity index (χ0) is 21.8. The third kappa shape index (κ3) is 4.54. The van der Waals surface area contributed by atoms with Crippen LogP contribution in [0.2, 0.25) is 0 Å². The van der Waals surface area contributed by atoms with Crippen LogP contribution in [0.5, 0.6) is 0 Å². The summed E-state index contributed by atoms with van der Waals surface area (Å²) in [5.41, 5.74) is 7.95. The summed E-state index contributed by atoms with van der Waals surface area (Å²) in [5.74, 6) is 0. The van der Waals surface area contributed by atoms with Crippen LogP contribution < -0.4 is 10.0 Å². The van der Waals surface area contributed by atoms with Gasteiger partial charge in [0, 0.05) is 18.1 Å². The summed E-state index contributed by atoms with van der Waals surface area (Å²) in [6.45, 7) is 5.69. The highest BCUT2D eigenvalue weighted by Crippen LogP contribution is 2.38. The van der Waals surface area contributed by atoms with Gasteiger partial charge in [0.25, 0.3) is 0 Å². The summed E-state index contributed by atoms with van der Waals surface area (Å²) in [5, 5.41) is 3.02. The van der Waals surface area contributed by atoms with Gasteiger partial charge >= 0.3 is 6.03 Å². The number of amides is 2. The molecule has 2 amide bonds. The molecule has 160 valence electrons. The highest BCUT2D eigenvalue weighted by atomic mass is 32.2. The molecule has 1 atom stereocenters. The van der Waals surface area contributed by atoms with Crippen LogP contribution in [0.4, 0.5) is 10.5 Å². The highest BCUT2D eigenvalue weighted by molar-refractivity contribution is 7.87. The lowest BCUT2D eigenvalue weighted by Gasteiger charge is -2.16. The average molecular weight is 434 g/mol. The second-order valence-electron chi connectivity index (χ2n) is 7.79. The van der Waals surface area contributed by atoms with Crippen molar-refractivity contribution in [1.82, 2.24) is 9.71 Å². The fourth-order valence-electron chi connectivity index (χ4n) is 4.47. The molecule has 31 heavy (non-hydrogen) atoms. The van der Waals surface area contributed by atoms with Gasteiger partial charge in [0.05, 0.1) is 4.91 Å². The van der Waals surface area contributed by atoms with Crippen LogP contribution in [0, 0.1) is 0 Å². The molecule has 6 heteroatoms. The minimum atomic E-state index is -1.73. The predicted octanol–water partition coefficient (Wildman–Crippen LogP) is 5.02. The topological polar surface area (TPSA) is 71.1 Å². The summed E-state index contributed by atoms with van der Waals surface area (Å²) in [7, 11) is -1.73. The number of rotatable bonds is 6. The summed E-state index contributed by atoms with van der Waals surface area (Å²) in [6.07, 6.45) is 15.0. The molecule has 0 radical (unpaired) electrons. The van der Waals surface area contributed by atoms with Crippen LogP contribution in [-0.4, -0.2) is 15.2 Å². The number of aryl methyl sites for hydroxylation is 2. The van der Waals surface area contributed by atoms with Crippen molar-refractivity contribution < 1.29 is 9.00 Å². The average Bonchev–Trinajstić information content (AvgIpc) is 3.44. The standard InChI is InChI=1S/C25H27N3O2S/c1-3-17(18-11-13-26-14-12-18)16-21(4-2)31(30)28-25(29)27-24-22-9-5-7-19(22)15-20-8-6-10-23(20)24/h3-4,11-16H,2,5-10H2,1H3,(H2,27,28,29)/b17-3+,21-16+. The monoisotopic (exact) mass is 433 g/mol. The zero-order valence-corrected chi connectivity index (χ0v) is 18.6. The van der Waals surface area contributed by atoms with Crippen molar-refractivity contribution >= 4 is 28.3 Å². The number of nitrogens with one attached hydrogen (secondary N) is 2. The van der Waals surface area contributed by atoms with E-state index in [0.717, 1.165) is 55.3 Å². The molecule has 0 spiro atoms. The van der Waals surface area contributed by atoms with Crippen molar-refractivity contribution in [3.05, 3.63) is 88.1 Å². The van der Waals surface area contributed by atoms with Crippen LogP contribution in [0.3, 0.4) is 0 Å². The Kier molecular flexibility index (Phi) is 6.47. The molecule has 4 rings (SSSR count). The summed E-state index contributed by atoms with van der Waals surface area (Å²) < 4.78 is 15.5. The van der Waals surface area contributed by atoms with Gasteiger partial charge < -0.3 is 5.32 Å². The van der Waals surface area contributed by atoms with E-state index in [0.29, 0.717) is 4.91 Å². The second-order valence-corrected chi connectivity index (χ2v) is 9.00. The van der Waals surface area contributed by atoms with E-state index < -0.39 is 17.0 Å². The van der Waals surface area contributed by atoms with Crippen LogP contribution in [-0.2, 0) is 36.7 Å². The summed E-state index contributed by atoms with van der Waals surface area (Å²) in [4.78, 5) is 17.2. The van der Waals surface area contributed by atoms with Gasteiger partial charge in [-0.05, 0) is 97.0 Å². The van der Waals surface area contributed by atoms with Gasteiger partial charge in [-0.25, -0.2) is 9.00 Å². The van der Waals surface area contributed by atoms with Crippen molar-refractivity contribution in [3.8, 4) is 0 Å². The lowest BCUT2D eigenvalue weighted by molar-refractivity contribution is 0.257. The molecule has 5 nitrogen and oxygen atoms in total. The molecule has 0 saturated heterocycles. The van der Waals surface area contributed by atoms with E-state index in [-0.39, 0.29) is 0 Å². The number of aromatic nitrogens is 1. The minimum absolute atomic E-state index is 0.434. The Morgan fingerprint density at radius 3 is 2.32 bits per heavy atom. The number of allylic oxidation sites excluding steroid dienone is 4. The number of nitrogens with zero attached hydrogens (tertiary/aromatic N) is 1. The van der Waals surface area contributed by atoms with E-state index in [1.54, 1.807) is 18.5 Å². The molecule has 2 aliphatic rings. The number of fused-ring (bicyclic) bond motifs is 2. The molecule has 2 aromatic rings. The smallest absolute Gasteiger partial charge is 0.307 e. The molecule has 1 unspecified atom stereocenters. The number of carbonyl (C=O) groups excluding carboxylic acids is 1. The lowest BCUT2D eigenvalue weighted by Crippen LogP contribution is -2.31. The Labute approximate surface area is 186 Å². The summed E-state index contributed by atoms with van der Waals surface area (Å²) in [6, 6.07) is 5.63. The van der Waals surface area contributed by atoms with E-state index in [1.807, 2.05) is 25.1 Å². The molecule has 0 fully saturated rings. The van der Waals surface area contributed by atoms with Crippen molar-refractivity contribution in [2.45, 2.75) is 45.4 Å². The first-order valence-corrected chi connectivity index (χ1v) is 11.8. The Morgan fingerprint density at radius 2 is 1.74 bits per heavy atom. The fraction of sp³-hybridized carbons (Fsp3) is 0.280. The van der Waals surface area contributed by atoms with Gasteiger partial charge in [-0.15, -0.1) is 0 Å². The molecular formula is C25H27N3O2S. The Balaban J connectivity index is 1.51. The molecular weight excluding hydrogens is 406 g/mol. The number of hydrogen-bond donors (Lipinski definition) is 2. The van der Waals surface area contributed by atoms with Gasteiger partial charge in [0.2, 0.25) is 0 Å². The number of anilines is 1. The van der Waals surface area contributed by atoms with Gasteiger partial charge in [0.15, 0.2) is 11.0 Å². The maximum absolute atomic E-state index is 12.9. The van der Waals surface area contributed by atoms with Crippen LogP contribution in [0.25, 0.3) is 5.57 Å². The molecule has 1 aromatic carbocycles. The first-order chi connectivity index (χ1) is 15.1. The van der Waals surface area contributed by atoms with Crippen molar-refractivity contribution in [1.29, 1.82) is 0 Å². The molecule has 0 aliphatic heterocycles. The van der Waals surface area contributed by atoms with Gasteiger partial charge in [-0.2, -0.15) is 0 Å². The first kappa shape index (κ1) is 21.2. The molecule has 2 aliphatic carbocycles. The van der Waals surface area contributed by atoms with E-state index in [1.165, 1.54) is 28.3 Å². The van der Waals surface area contributed by atoms with E-state index in [9.17, 15) is 9.00 Å². The number of pyridine rings is 1. The van der Waals surface area contributed by atoms with Crippen LogP contribution >= 0.6 is 0 Å². The maximum atomic E-state index is 12.9. The van der Waals surface area contributed by atoms with Crippen LogP contribution in [0.15, 0.2) is 60.3 Å². The largest absolute Gasteiger partial charge is 0.331 e. The van der Waals surface area contributed by atoms with Crippen molar-refractivity contribution in [3.63, 3.8) is 0 Å². The van der Waals surface area contributed by atoms with Crippen LogP contribution in [0.1, 0.15) is 47.6 Å². The van der Waals surface area contributed by atoms with Crippen molar-refractivity contribution in [2.75, 3.05) is 5.32 Å². The first-order valence-electron chi connectivity index (χ1n) is 10.7. The molecule has 1 aromatic heterocycles.